The van der Waals surface area contributed by atoms with Crippen LogP contribution < -0.4 is 10.2 Å². The van der Waals surface area contributed by atoms with Gasteiger partial charge in [0.2, 0.25) is 0 Å². The minimum atomic E-state index is -0.650. The molecule has 148 valence electrons. The highest BCUT2D eigenvalue weighted by atomic mass is 16.3. The van der Waals surface area contributed by atoms with E-state index in [-0.39, 0.29) is 11.9 Å². The van der Waals surface area contributed by atoms with Gasteiger partial charge in [-0.3, -0.25) is 4.79 Å². The monoisotopic (exact) mass is 391 g/mol. The largest absolute Gasteiger partial charge is 0.391 e. The van der Waals surface area contributed by atoms with Gasteiger partial charge in [0, 0.05) is 31.0 Å². The Morgan fingerprint density at radius 1 is 1.38 bits per heavy atom. The first-order valence-corrected chi connectivity index (χ1v) is 9.37. The maximum atomic E-state index is 12.8. The van der Waals surface area contributed by atoms with Crippen LogP contribution in [0.15, 0.2) is 30.6 Å². The van der Waals surface area contributed by atoms with Crippen LogP contribution >= 0.6 is 0 Å². The number of imidazole rings is 1. The van der Waals surface area contributed by atoms with Gasteiger partial charge in [0.1, 0.15) is 17.6 Å². The summed E-state index contributed by atoms with van der Waals surface area (Å²) in [5.74, 6) is 0.226. The lowest BCUT2D eigenvalue weighted by Crippen LogP contribution is -2.53. The van der Waals surface area contributed by atoms with Crippen molar-refractivity contribution in [2.75, 3.05) is 18.0 Å². The molecule has 0 radical (unpaired) electrons. The number of aliphatic hydroxyl groups is 1. The third-order valence-corrected chi connectivity index (χ3v) is 5.01. The molecule has 1 aliphatic heterocycles. The van der Waals surface area contributed by atoms with Gasteiger partial charge >= 0.3 is 0 Å². The number of rotatable bonds is 3. The number of nitrogens with one attached hydrogen (secondary N) is 1. The topological polar surface area (TPSA) is 119 Å². The van der Waals surface area contributed by atoms with E-state index in [1.807, 2.05) is 24.8 Å². The highest BCUT2D eigenvalue weighted by Crippen LogP contribution is 2.25. The summed E-state index contributed by atoms with van der Waals surface area (Å²) in [5.41, 5.74) is 3.04. The molecule has 0 aromatic carbocycles. The van der Waals surface area contributed by atoms with Crippen molar-refractivity contribution in [3.05, 3.63) is 53.1 Å². The number of anilines is 1. The molecule has 29 heavy (non-hydrogen) atoms. The summed E-state index contributed by atoms with van der Waals surface area (Å²) in [4.78, 5) is 23.4. The number of hydrogen-bond acceptors (Lipinski definition) is 7. The van der Waals surface area contributed by atoms with E-state index in [0.717, 1.165) is 11.3 Å². The van der Waals surface area contributed by atoms with Crippen molar-refractivity contribution in [3.8, 4) is 6.07 Å². The molecule has 0 saturated carbocycles. The van der Waals surface area contributed by atoms with Crippen molar-refractivity contribution < 1.29 is 9.90 Å². The zero-order valence-electron chi connectivity index (χ0n) is 16.2. The van der Waals surface area contributed by atoms with Gasteiger partial charge in [-0.1, -0.05) is 0 Å². The normalized spacial score (nSPS) is 19.2. The number of aliphatic hydroxyl groups excluding tert-OH is 1. The maximum Gasteiger partial charge on any atom is 0.271 e. The molecule has 1 aliphatic rings. The van der Waals surface area contributed by atoms with Crippen LogP contribution in [0.3, 0.4) is 0 Å². The number of pyridine rings is 1. The molecular formula is C20H21N7O2. The van der Waals surface area contributed by atoms with Gasteiger partial charge in [-0.15, -0.1) is 0 Å². The van der Waals surface area contributed by atoms with Gasteiger partial charge in [-0.2, -0.15) is 10.4 Å². The predicted molar refractivity (Wildman–Crippen MR) is 106 cm³/mol. The fourth-order valence-corrected chi connectivity index (χ4v) is 3.78. The van der Waals surface area contributed by atoms with Gasteiger partial charge in [-0.25, -0.2) is 14.5 Å². The van der Waals surface area contributed by atoms with Gasteiger partial charge in [-0.05, 0) is 44.0 Å². The van der Waals surface area contributed by atoms with Gasteiger partial charge in [0.15, 0.2) is 5.65 Å². The fourth-order valence-electron chi connectivity index (χ4n) is 3.78. The van der Waals surface area contributed by atoms with Crippen LogP contribution in [0.2, 0.25) is 0 Å². The minimum absolute atomic E-state index is 0.310. The van der Waals surface area contributed by atoms with Gasteiger partial charge < -0.3 is 15.3 Å². The van der Waals surface area contributed by atoms with Crippen molar-refractivity contribution in [3.63, 3.8) is 0 Å². The number of carbonyl (C=O) groups excluding carboxylic acids is 1. The second kappa shape index (κ2) is 7.48. The number of carbonyl (C=O) groups is 1. The van der Waals surface area contributed by atoms with Crippen molar-refractivity contribution >= 4 is 17.4 Å². The van der Waals surface area contributed by atoms with E-state index >= 15 is 0 Å². The summed E-state index contributed by atoms with van der Waals surface area (Å²) in [7, 11) is 0. The average molecular weight is 391 g/mol. The van der Waals surface area contributed by atoms with E-state index in [2.05, 4.69) is 26.5 Å². The first-order valence-electron chi connectivity index (χ1n) is 9.37. The summed E-state index contributed by atoms with van der Waals surface area (Å²) in [6, 6.07) is 7.28. The number of nitrogens with zero attached hydrogens (tertiary/aromatic N) is 6. The predicted octanol–water partition coefficient (Wildman–Crippen LogP) is 0.982. The zero-order valence-corrected chi connectivity index (χ0v) is 16.2. The number of aryl methyl sites for hydroxylation is 2. The lowest BCUT2D eigenvalue weighted by atomic mass is 10.0. The molecule has 2 atom stereocenters. The van der Waals surface area contributed by atoms with E-state index in [4.69, 9.17) is 0 Å². The number of nitriles is 1. The Bertz CT molecular complexity index is 1120. The molecule has 0 spiro atoms. The molecule has 3 aromatic heterocycles. The van der Waals surface area contributed by atoms with Gasteiger partial charge in [0.25, 0.3) is 5.91 Å². The average Bonchev–Trinajstić information content (AvgIpc) is 3.11. The van der Waals surface area contributed by atoms with Crippen molar-refractivity contribution in [2.45, 2.75) is 32.4 Å². The quantitative estimate of drug-likeness (QED) is 0.683. The van der Waals surface area contributed by atoms with Crippen molar-refractivity contribution in [1.29, 1.82) is 5.26 Å². The molecule has 4 heterocycles. The van der Waals surface area contributed by atoms with Crippen molar-refractivity contribution in [1.82, 2.24) is 24.9 Å². The Kier molecular flexibility index (Phi) is 4.86. The van der Waals surface area contributed by atoms with Gasteiger partial charge in [0.05, 0.1) is 17.9 Å². The Labute approximate surface area is 167 Å². The SMILES string of the molecule is Cc1cc(C)c(C#N)c(N2C[C@H](O)C[C@H](NC(=O)c3cnc4cccnn34)C2)n1. The number of hydrogen-bond donors (Lipinski definition) is 2. The molecule has 9 nitrogen and oxygen atoms in total. The van der Waals surface area contributed by atoms with E-state index in [9.17, 15) is 15.2 Å². The summed E-state index contributed by atoms with van der Waals surface area (Å²) in [6.07, 6.45) is 2.84. The van der Waals surface area contributed by atoms with Crippen LogP contribution in [0.1, 0.15) is 33.7 Å². The minimum Gasteiger partial charge on any atom is -0.391 e. The summed E-state index contributed by atoms with van der Waals surface area (Å²) in [6.45, 7) is 4.54. The summed E-state index contributed by atoms with van der Waals surface area (Å²) < 4.78 is 1.48. The molecule has 1 saturated heterocycles. The van der Waals surface area contributed by atoms with Crippen LogP contribution in [0, 0.1) is 25.2 Å². The lowest BCUT2D eigenvalue weighted by molar-refractivity contribution is 0.0887. The molecule has 1 fully saturated rings. The molecule has 3 aromatic rings. The van der Waals surface area contributed by atoms with Crippen LogP contribution in [-0.4, -0.2) is 55.8 Å². The molecule has 4 rings (SSSR count). The Balaban J connectivity index is 1.57. The highest BCUT2D eigenvalue weighted by molar-refractivity contribution is 5.93. The number of piperidine rings is 1. The molecule has 2 N–H and O–H groups in total. The van der Waals surface area contributed by atoms with Crippen LogP contribution in [-0.2, 0) is 0 Å². The zero-order chi connectivity index (χ0) is 20.5. The first kappa shape index (κ1) is 18.8. The maximum absolute atomic E-state index is 12.8. The standard InChI is InChI=1S/C20H21N7O2/c1-12-6-13(2)24-19(16(12)8-21)26-10-14(7-15(28)11-26)25-20(29)17-9-22-18-4-3-5-23-27(17)18/h3-6,9,14-15,28H,7,10-11H2,1-2H3,(H,25,29)/t14-,15+/m0/s1. The van der Waals surface area contributed by atoms with Crippen molar-refractivity contribution in [2.24, 2.45) is 0 Å². The second-order valence-corrected chi connectivity index (χ2v) is 7.29. The van der Waals surface area contributed by atoms with Crippen LogP contribution in [0.5, 0.6) is 0 Å². The lowest BCUT2D eigenvalue weighted by Gasteiger charge is -2.37. The third kappa shape index (κ3) is 3.62. The first-order chi connectivity index (χ1) is 14.0. The van der Waals surface area contributed by atoms with Crippen LogP contribution in [0.4, 0.5) is 5.82 Å². The van der Waals surface area contributed by atoms with E-state index in [1.165, 1.54) is 10.7 Å². The second-order valence-electron chi connectivity index (χ2n) is 7.29. The molecular weight excluding hydrogens is 370 g/mol. The van der Waals surface area contributed by atoms with E-state index in [0.29, 0.717) is 42.2 Å². The number of β-amino-alcohol motifs (C(OH)–C–C–N with tert-alkyl or cyclic N) is 1. The third-order valence-electron chi connectivity index (χ3n) is 5.01. The fraction of sp³-hybridized carbons (Fsp3) is 0.350. The number of fused-ring (bicyclic) bond motifs is 1. The smallest absolute Gasteiger partial charge is 0.271 e. The molecule has 0 bridgehead atoms. The number of aromatic nitrogens is 4. The Hall–Kier alpha value is -3.51. The van der Waals surface area contributed by atoms with E-state index in [1.54, 1.807) is 18.3 Å². The Morgan fingerprint density at radius 2 is 2.21 bits per heavy atom. The summed E-state index contributed by atoms with van der Waals surface area (Å²) in [5, 5.41) is 27.1. The summed E-state index contributed by atoms with van der Waals surface area (Å²) >= 11 is 0. The molecule has 0 unspecified atom stereocenters. The number of amides is 1. The highest BCUT2D eigenvalue weighted by Gasteiger charge is 2.30. The van der Waals surface area contributed by atoms with Crippen LogP contribution in [0.25, 0.3) is 5.65 Å². The van der Waals surface area contributed by atoms with E-state index < -0.39 is 6.10 Å². The molecule has 9 heteroatoms. The molecule has 0 aliphatic carbocycles. The Morgan fingerprint density at radius 3 is 3.00 bits per heavy atom. The molecule has 1 amide bonds.